The van der Waals surface area contributed by atoms with Gasteiger partial charge in [0, 0.05) is 0 Å². The van der Waals surface area contributed by atoms with Crippen molar-refractivity contribution in [3.63, 3.8) is 0 Å². The van der Waals surface area contributed by atoms with Crippen molar-refractivity contribution < 1.29 is 28.5 Å². The highest BCUT2D eigenvalue weighted by Gasteiger charge is 2.62. The topological polar surface area (TPSA) is 66.4 Å². The number of aliphatic hydroxyl groups is 1. The molecule has 0 spiro atoms. The molecule has 4 aromatic carbocycles. The zero-order chi connectivity index (χ0) is 30.6. The van der Waals surface area contributed by atoms with Crippen molar-refractivity contribution in [3.8, 4) is 0 Å². The highest BCUT2D eigenvalue weighted by Crippen LogP contribution is 2.42. The number of hydrogen-bond acceptors (Lipinski definition) is 6. The summed E-state index contributed by atoms with van der Waals surface area (Å²) >= 11 is 0. The molecule has 0 radical (unpaired) electrons. The first-order chi connectivity index (χ1) is 21.3. The maximum absolute atomic E-state index is 12.8. The summed E-state index contributed by atoms with van der Waals surface area (Å²) in [4.78, 5) is 0. The summed E-state index contributed by atoms with van der Waals surface area (Å²) in [6, 6.07) is 40.8. The molecule has 0 unspecified atom stereocenters. The van der Waals surface area contributed by atoms with Crippen LogP contribution in [0.25, 0.3) is 0 Å². The Morgan fingerprint density at radius 3 is 1.70 bits per heavy atom. The minimum atomic E-state index is -2.97. The molecule has 2 heterocycles. The zero-order valence-corrected chi connectivity index (χ0v) is 26.7. The molecule has 2 aliphatic heterocycles. The Hall–Kier alpha value is -3.14. The number of fused-ring (bicyclic) bond motifs is 2. The normalized spacial score (nSPS) is 25.2. The van der Waals surface area contributed by atoms with Crippen LogP contribution in [0.2, 0.25) is 5.04 Å². The molecular weight excluding hydrogens is 568 g/mol. The summed E-state index contributed by atoms with van der Waals surface area (Å²) in [5.41, 5.74) is 0.474. The highest BCUT2D eigenvalue weighted by atomic mass is 28.4. The fraction of sp³-hybridized carbons (Fsp3) is 0.351. The quantitative estimate of drug-likeness (QED) is 0.235. The largest absolute Gasteiger partial charge is 0.404 e. The number of benzene rings is 4. The zero-order valence-electron chi connectivity index (χ0n) is 25.7. The van der Waals surface area contributed by atoms with Crippen LogP contribution < -0.4 is 10.4 Å². The summed E-state index contributed by atoms with van der Waals surface area (Å²) < 4.78 is 32.8. The summed E-state index contributed by atoms with van der Waals surface area (Å²) in [7, 11) is -2.97. The molecule has 230 valence electrons. The standard InChI is InChI=1S/C37H42O6Si/c1-36(2,3)44(30-20-12-6-13-21-30,31-22-14-7-15-23-31)42-27-37(38)32-26-41-35(43-32)33(39-24-28-16-8-4-9-17-28)34(37)40-25-29-18-10-5-11-19-29/h4-23,32-35,38H,24-27H2,1-3H3/t32-,33-,34-,35-,37+/m1/s1. The first-order valence-corrected chi connectivity index (χ1v) is 17.3. The van der Waals surface area contributed by atoms with Crippen LogP contribution in [0.15, 0.2) is 121 Å². The van der Waals surface area contributed by atoms with Gasteiger partial charge < -0.3 is 28.5 Å². The minimum absolute atomic E-state index is 0.00825. The van der Waals surface area contributed by atoms with E-state index in [2.05, 4.69) is 69.3 Å². The molecule has 2 saturated heterocycles. The molecule has 5 atom stereocenters. The van der Waals surface area contributed by atoms with Crippen LogP contribution in [0.4, 0.5) is 0 Å². The number of hydrogen-bond donors (Lipinski definition) is 1. The Morgan fingerprint density at radius 1 is 0.727 bits per heavy atom. The first-order valence-electron chi connectivity index (χ1n) is 15.4. The van der Waals surface area contributed by atoms with Gasteiger partial charge in [-0.25, -0.2) is 0 Å². The van der Waals surface area contributed by atoms with E-state index in [1.807, 2.05) is 72.8 Å². The van der Waals surface area contributed by atoms with Gasteiger partial charge in [-0.15, -0.1) is 0 Å². The Bertz CT molecular complexity index is 1420. The molecule has 6 nitrogen and oxygen atoms in total. The van der Waals surface area contributed by atoms with Crippen LogP contribution >= 0.6 is 0 Å². The van der Waals surface area contributed by atoms with Crippen LogP contribution in [0.3, 0.4) is 0 Å². The van der Waals surface area contributed by atoms with Crippen LogP contribution in [-0.2, 0) is 36.6 Å². The smallest absolute Gasteiger partial charge is 0.261 e. The molecule has 7 heteroatoms. The molecular formula is C37H42O6Si. The average Bonchev–Trinajstić information content (AvgIpc) is 3.51. The third-order valence-electron chi connectivity index (χ3n) is 8.82. The molecule has 1 N–H and O–H groups in total. The molecule has 0 aromatic heterocycles. The predicted molar refractivity (Wildman–Crippen MR) is 173 cm³/mol. The minimum Gasteiger partial charge on any atom is -0.404 e. The maximum atomic E-state index is 12.8. The lowest BCUT2D eigenvalue weighted by Gasteiger charge is -2.49. The van der Waals surface area contributed by atoms with Gasteiger partial charge in [0.05, 0.1) is 26.4 Å². The van der Waals surface area contributed by atoms with Gasteiger partial charge in [-0.1, -0.05) is 142 Å². The Labute approximate surface area is 261 Å². The molecule has 2 fully saturated rings. The lowest BCUT2D eigenvalue weighted by atomic mass is 9.86. The van der Waals surface area contributed by atoms with Crippen LogP contribution in [0.1, 0.15) is 31.9 Å². The monoisotopic (exact) mass is 610 g/mol. The summed E-state index contributed by atoms with van der Waals surface area (Å²) in [5.74, 6) is 0. The third-order valence-corrected chi connectivity index (χ3v) is 13.8. The summed E-state index contributed by atoms with van der Waals surface area (Å²) in [5, 5.41) is 14.8. The summed E-state index contributed by atoms with van der Waals surface area (Å²) in [6.45, 7) is 7.53. The van der Waals surface area contributed by atoms with Gasteiger partial charge in [0.15, 0.2) is 6.29 Å². The van der Waals surface area contributed by atoms with Crippen LogP contribution in [0, 0.1) is 0 Å². The predicted octanol–water partition coefficient (Wildman–Crippen LogP) is 5.22. The lowest BCUT2D eigenvalue weighted by molar-refractivity contribution is -0.297. The van der Waals surface area contributed by atoms with E-state index in [-0.39, 0.29) is 18.3 Å². The number of rotatable bonds is 11. The van der Waals surface area contributed by atoms with Gasteiger partial charge in [0.25, 0.3) is 8.32 Å². The Morgan fingerprint density at radius 2 is 1.20 bits per heavy atom. The average molecular weight is 611 g/mol. The molecule has 0 aliphatic carbocycles. The second-order valence-electron chi connectivity index (χ2n) is 12.7. The molecule has 0 amide bonds. The van der Waals surface area contributed by atoms with E-state index in [0.717, 1.165) is 21.5 Å². The lowest BCUT2D eigenvalue weighted by Crippen LogP contribution is -2.71. The van der Waals surface area contributed by atoms with Gasteiger partial charge in [0.1, 0.15) is 23.9 Å². The van der Waals surface area contributed by atoms with Crippen molar-refractivity contribution in [2.45, 2.75) is 69.2 Å². The van der Waals surface area contributed by atoms with E-state index in [1.54, 1.807) is 0 Å². The van der Waals surface area contributed by atoms with E-state index in [9.17, 15) is 5.11 Å². The van der Waals surface area contributed by atoms with Gasteiger partial charge in [-0.3, -0.25) is 0 Å². The van der Waals surface area contributed by atoms with E-state index >= 15 is 0 Å². The van der Waals surface area contributed by atoms with Crippen LogP contribution in [0.5, 0.6) is 0 Å². The molecule has 6 rings (SSSR count). The van der Waals surface area contributed by atoms with E-state index in [1.165, 1.54) is 0 Å². The van der Waals surface area contributed by atoms with Crippen molar-refractivity contribution in [3.05, 3.63) is 132 Å². The van der Waals surface area contributed by atoms with E-state index in [0.29, 0.717) is 13.2 Å². The molecule has 2 aliphatic rings. The highest BCUT2D eigenvalue weighted by molar-refractivity contribution is 6.99. The van der Waals surface area contributed by atoms with Crippen molar-refractivity contribution in [2.75, 3.05) is 13.2 Å². The van der Waals surface area contributed by atoms with Crippen LogP contribution in [-0.4, -0.2) is 56.8 Å². The maximum Gasteiger partial charge on any atom is 0.261 e. The van der Waals surface area contributed by atoms with E-state index in [4.69, 9.17) is 23.4 Å². The molecule has 2 bridgehead atoms. The van der Waals surface area contributed by atoms with Crippen molar-refractivity contribution in [2.24, 2.45) is 0 Å². The van der Waals surface area contributed by atoms with Crippen molar-refractivity contribution in [1.82, 2.24) is 0 Å². The van der Waals surface area contributed by atoms with Gasteiger partial charge in [-0.05, 0) is 26.5 Å². The number of ether oxygens (including phenoxy) is 4. The Kier molecular flexibility index (Phi) is 9.17. The Balaban J connectivity index is 1.37. The van der Waals surface area contributed by atoms with Crippen molar-refractivity contribution in [1.29, 1.82) is 0 Å². The fourth-order valence-corrected chi connectivity index (χ4v) is 11.2. The second kappa shape index (κ2) is 13.1. The van der Waals surface area contributed by atoms with Crippen molar-refractivity contribution >= 4 is 18.7 Å². The van der Waals surface area contributed by atoms with Gasteiger partial charge in [0.2, 0.25) is 0 Å². The SMILES string of the molecule is CC(C)(C)[Si](OC[C@@]1(O)[C@H](OCc2ccccc2)[C@@H](OCc2ccccc2)[C@@H]2OC[C@H]1O2)(c1ccccc1)c1ccccc1. The van der Waals surface area contributed by atoms with Gasteiger partial charge >= 0.3 is 0 Å². The fourth-order valence-electron chi connectivity index (χ4n) is 6.56. The van der Waals surface area contributed by atoms with Gasteiger partial charge in [-0.2, -0.15) is 0 Å². The van der Waals surface area contributed by atoms with E-state index < -0.39 is 38.5 Å². The molecule has 0 saturated carbocycles. The molecule has 4 aromatic rings. The summed E-state index contributed by atoms with van der Waals surface area (Å²) in [6.07, 6.45) is -2.73. The first kappa shape index (κ1) is 30.9. The second-order valence-corrected chi connectivity index (χ2v) is 17.1. The molecule has 44 heavy (non-hydrogen) atoms. The third kappa shape index (κ3) is 6.06.